The molecule has 0 aliphatic carbocycles. The molecule has 1 atom stereocenters. The summed E-state index contributed by atoms with van der Waals surface area (Å²) in [4.78, 5) is 23.4. The van der Waals surface area contributed by atoms with Crippen molar-refractivity contribution in [2.24, 2.45) is 4.99 Å². The summed E-state index contributed by atoms with van der Waals surface area (Å²) in [6.45, 7) is 0.593. The summed E-state index contributed by atoms with van der Waals surface area (Å²) in [5.74, 6) is 0.590. The maximum atomic E-state index is 11.8. The van der Waals surface area contributed by atoms with Gasteiger partial charge in [0.1, 0.15) is 34.1 Å². The number of hydrogen-bond donors (Lipinski definition) is 2. The summed E-state index contributed by atoms with van der Waals surface area (Å²) in [7, 11) is -3.32. The van der Waals surface area contributed by atoms with E-state index in [0.717, 1.165) is 22.4 Å². The molecule has 0 spiro atoms. The number of sulfone groups is 1. The Labute approximate surface area is 227 Å². The summed E-state index contributed by atoms with van der Waals surface area (Å²) in [5, 5.41) is 10.9. The van der Waals surface area contributed by atoms with Gasteiger partial charge in [-0.2, -0.15) is 0 Å². The van der Waals surface area contributed by atoms with Crippen molar-refractivity contribution in [3.05, 3.63) is 77.2 Å². The van der Waals surface area contributed by atoms with Crippen LogP contribution in [0.3, 0.4) is 0 Å². The Kier molecular flexibility index (Phi) is 7.33. The molecule has 0 radical (unpaired) electrons. The van der Waals surface area contributed by atoms with Crippen molar-refractivity contribution in [3.63, 3.8) is 0 Å². The fourth-order valence-electron chi connectivity index (χ4n) is 3.91. The Morgan fingerprint density at radius 2 is 1.95 bits per heavy atom. The van der Waals surface area contributed by atoms with Crippen molar-refractivity contribution in [1.29, 1.82) is 0 Å². The third-order valence-electron chi connectivity index (χ3n) is 5.65. The first-order chi connectivity index (χ1) is 18.1. The summed E-state index contributed by atoms with van der Waals surface area (Å²) in [5.41, 5.74) is 2.11. The van der Waals surface area contributed by atoms with E-state index in [1.807, 2.05) is 12.1 Å². The average Bonchev–Trinajstić information content (AvgIpc) is 3.49. The highest BCUT2D eigenvalue weighted by atomic mass is 35.5. The number of rotatable bonds is 9. The number of aliphatic imine (C=N–C) groups is 1. The number of nitrogens with zero attached hydrogens (tertiary/aromatic N) is 2. The number of carbonyl (C=O) groups is 1. The van der Waals surface area contributed by atoms with Crippen molar-refractivity contribution in [2.75, 3.05) is 12.8 Å². The van der Waals surface area contributed by atoms with Crippen LogP contribution in [0.5, 0.6) is 17.2 Å². The lowest BCUT2D eigenvalue weighted by Gasteiger charge is -2.11. The maximum absolute atomic E-state index is 11.8. The summed E-state index contributed by atoms with van der Waals surface area (Å²) < 4.78 is 35.7. The van der Waals surface area contributed by atoms with E-state index in [1.54, 1.807) is 36.4 Å². The molecular weight excluding hydrogens is 550 g/mol. The van der Waals surface area contributed by atoms with E-state index >= 15 is 0 Å². The Hall–Kier alpha value is -3.54. The Bertz CT molecular complexity index is 1650. The number of pyridine rings is 1. The minimum atomic E-state index is -3.32. The molecule has 3 heterocycles. The monoisotopic (exact) mass is 571 g/mol. The van der Waals surface area contributed by atoms with E-state index < -0.39 is 15.8 Å². The molecule has 4 aromatic rings. The highest BCUT2D eigenvalue weighted by Crippen LogP contribution is 2.36. The molecule has 5 rings (SSSR count). The summed E-state index contributed by atoms with van der Waals surface area (Å²) in [6.07, 6.45) is 1.19. The van der Waals surface area contributed by atoms with Gasteiger partial charge in [-0.15, -0.1) is 0 Å². The van der Waals surface area contributed by atoms with Crippen molar-refractivity contribution < 1.29 is 27.8 Å². The second-order valence-corrected chi connectivity index (χ2v) is 12.3. The van der Waals surface area contributed by atoms with E-state index in [1.165, 1.54) is 23.9 Å². The van der Waals surface area contributed by atoms with E-state index in [0.29, 0.717) is 40.2 Å². The fraction of sp³-hybridized carbons (Fsp3) is 0.192. The number of aliphatic carboxylic acids is 1. The lowest BCUT2D eigenvalue weighted by molar-refractivity contribution is -0.136. The predicted molar refractivity (Wildman–Crippen MR) is 147 cm³/mol. The zero-order chi connectivity index (χ0) is 26.9. The number of fused-ring (bicyclic) bond motifs is 1. The summed E-state index contributed by atoms with van der Waals surface area (Å²) in [6, 6.07) is 16.9. The second kappa shape index (κ2) is 10.7. The Morgan fingerprint density at radius 3 is 2.66 bits per heavy atom. The van der Waals surface area contributed by atoms with E-state index in [4.69, 9.17) is 26.2 Å². The van der Waals surface area contributed by atoms with Gasteiger partial charge in [0, 0.05) is 23.0 Å². The molecule has 1 unspecified atom stereocenters. The molecule has 0 fully saturated rings. The van der Waals surface area contributed by atoms with Gasteiger partial charge in [0.05, 0.1) is 34.8 Å². The van der Waals surface area contributed by atoms with Crippen LogP contribution in [0.15, 0.2) is 70.6 Å². The minimum Gasteiger partial charge on any atom is -0.485 e. The van der Waals surface area contributed by atoms with Gasteiger partial charge in [0.25, 0.3) is 0 Å². The molecule has 12 heteroatoms. The number of carboxylic acid groups (broad SMARTS) is 1. The standard InChI is InChI=1S/C26H22ClN3O6S2/c1-38(33,34)20-7-5-17(6-8-20)36-18-9-15-10-21(26-28-13-19(37-26)12-24(31)32)30-25(15)22(11-18)35-14-16-3-2-4-23(27)29-16/h2-11,19,30H,12-14H2,1H3,(H,31,32). The van der Waals surface area contributed by atoms with Crippen LogP contribution in [0.4, 0.5) is 0 Å². The first kappa shape index (κ1) is 26.1. The third-order valence-corrected chi connectivity index (χ3v) is 8.21. The van der Waals surface area contributed by atoms with Crippen LogP contribution >= 0.6 is 23.4 Å². The van der Waals surface area contributed by atoms with Crippen LogP contribution in [-0.2, 0) is 21.2 Å². The van der Waals surface area contributed by atoms with Crippen LogP contribution in [-0.4, -0.2) is 52.6 Å². The van der Waals surface area contributed by atoms with Crippen LogP contribution in [0.1, 0.15) is 17.8 Å². The largest absolute Gasteiger partial charge is 0.485 e. The van der Waals surface area contributed by atoms with E-state index in [-0.39, 0.29) is 23.2 Å². The number of hydrogen-bond acceptors (Lipinski definition) is 8. The predicted octanol–water partition coefficient (Wildman–Crippen LogP) is 5.33. The second-order valence-electron chi connectivity index (χ2n) is 8.64. The van der Waals surface area contributed by atoms with Gasteiger partial charge in [-0.25, -0.2) is 13.4 Å². The molecule has 2 aromatic heterocycles. The Balaban J connectivity index is 1.46. The van der Waals surface area contributed by atoms with Gasteiger partial charge in [0.2, 0.25) is 0 Å². The molecule has 0 saturated carbocycles. The number of aromatic nitrogens is 2. The number of halogens is 1. The quantitative estimate of drug-likeness (QED) is 0.258. The molecule has 0 saturated heterocycles. The van der Waals surface area contributed by atoms with Crippen molar-refractivity contribution in [3.8, 4) is 17.2 Å². The SMILES string of the molecule is CS(=O)(=O)c1ccc(Oc2cc(OCc3cccc(Cl)n3)c3[nH]c(C4=NCC(CC(=O)O)S4)cc3c2)cc1. The smallest absolute Gasteiger partial charge is 0.304 e. The number of nitrogens with one attached hydrogen (secondary N) is 1. The molecule has 0 bridgehead atoms. The van der Waals surface area contributed by atoms with E-state index in [9.17, 15) is 13.2 Å². The van der Waals surface area contributed by atoms with Gasteiger partial charge in [0.15, 0.2) is 9.84 Å². The average molecular weight is 572 g/mol. The molecule has 38 heavy (non-hydrogen) atoms. The van der Waals surface area contributed by atoms with Crippen molar-refractivity contribution in [2.45, 2.75) is 23.2 Å². The van der Waals surface area contributed by atoms with Gasteiger partial charge in [-0.3, -0.25) is 9.79 Å². The van der Waals surface area contributed by atoms with Crippen molar-refractivity contribution >= 4 is 55.1 Å². The molecule has 1 aliphatic heterocycles. The summed E-state index contributed by atoms with van der Waals surface area (Å²) >= 11 is 7.44. The normalized spacial score (nSPS) is 15.4. The third kappa shape index (κ3) is 6.12. The molecule has 9 nitrogen and oxygen atoms in total. The zero-order valence-electron chi connectivity index (χ0n) is 20.0. The molecule has 1 aliphatic rings. The number of thioether (sulfide) groups is 1. The van der Waals surface area contributed by atoms with Crippen molar-refractivity contribution in [1.82, 2.24) is 9.97 Å². The fourth-order valence-corrected chi connectivity index (χ4v) is 5.80. The van der Waals surface area contributed by atoms with E-state index in [2.05, 4.69) is 15.0 Å². The minimum absolute atomic E-state index is 0.0367. The number of aromatic amines is 1. The molecule has 2 aromatic carbocycles. The maximum Gasteiger partial charge on any atom is 0.304 e. The molecule has 0 amide bonds. The van der Waals surface area contributed by atoms with Gasteiger partial charge in [-0.1, -0.05) is 29.4 Å². The first-order valence-corrected chi connectivity index (χ1v) is 14.6. The number of ether oxygens (including phenoxy) is 2. The first-order valence-electron chi connectivity index (χ1n) is 11.5. The zero-order valence-corrected chi connectivity index (χ0v) is 22.4. The van der Waals surface area contributed by atoms with Crippen LogP contribution in [0.2, 0.25) is 5.15 Å². The van der Waals surface area contributed by atoms with Gasteiger partial charge in [-0.05, 0) is 48.5 Å². The Morgan fingerprint density at radius 1 is 1.16 bits per heavy atom. The molecular formula is C26H22ClN3O6S2. The topological polar surface area (TPSA) is 131 Å². The van der Waals surface area contributed by atoms with Crippen LogP contribution in [0, 0.1) is 0 Å². The number of H-pyrrole nitrogens is 1. The highest BCUT2D eigenvalue weighted by molar-refractivity contribution is 8.15. The van der Waals surface area contributed by atoms with Crippen LogP contribution in [0.25, 0.3) is 10.9 Å². The van der Waals surface area contributed by atoms with Gasteiger partial charge < -0.3 is 19.6 Å². The number of benzene rings is 2. The highest BCUT2D eigenvalue weighted by Gasteiger charge is 2.25. The molecule has 2 N–H and O–H groups in total. The lowest BCUT2D eigenvalue weighted by atomic mass is 10.2. The van der Waals surface area contributed by atoms with Crippen LogP contribution < -0.4 is 9.47 Å². The number of carboxylic acids is 1. The molecule has 196 valence electrons. The van der Waals surface area contributed by atoms with Gasteiger partial charge >= 0.3 is 5.97 Å². The lowest BCUT2D eigenvalue weighted by Crippen LogP contribution is -2.10.